The second-order valence-corrected chi connectivity index (χ2v) is 7.25. The maximum Gasteiger partial charge on any atom is 0.161 e. The van der Waals surface area contributed by atoms with E-state index in [1.54, 1.807) is 14.2 Å². The first kappa shape index (κ1) is 15.1. The molecule has 0 saturated carbocycles. The Bertz CT molecular complexity index is 833. The highest BCUT2D eigenvalue weighted by molar-refractivity contribution is 5.78. The molecule has 2 aromatic rings. The molecule has 1 saturated heterocycles. The molecule has 3 aliphatic rings. The smallest absolute Gasteiger partial charge is 0.161 e. The summed E-state index contributed by atoms with van der Waals surface area (Å²) in [4.78, 5) is 2.68. The van der Waals surface area contributed by atoms with Gasteiger partial charge in [-0.1, -0.05) is 6.07 Å². The minimum Gasteiger partial charge on any atom is -0.493 e. The molecule has 1 N–H and O–H groups in total. The third-order valence-electron chi connectivity index (χ3n) is 6.09. The lowest BCUT2D eigenvalue weighted by molar-refractivity contribution is 0.355. The summed E-state index contributed by atoms with van der Waals surface area (Å²) in [5, 5.41) is 3.59. The monoisotopic (exact) mass is 336 g/mol. The molecule has 3 heterocycles. The van der Waals surface area contributed by atoms with Crippen molar-refractivity contribution in [2.75, 3.05) is 38.8 Å². The Morgan fingerprint density at radius 2 is 1.92 bits per heavy atom. The third-order valence-corrected chi connectivity index (χ3v) is 6.09. The highest BCUT2D eigenvalue weighted by Gasteiger charge is 2.43. The van der Waals surface area contributed by atoms with Crippen LogP contribution in [0.3, 0.4) is 0 Å². The number of methoxy groups -OCH3 is 2. The number of hydrogen-bond acceptors (Lipinski definition) is 4. The molecule has 4 heteroatoms. The first-order chi connectivity index (χ1) is 12.3. The quantitative estimate of drug-likeness (QED) is 0.933. The van der Waals surface area contributed by atoms with Gasteiger partial charge in [0.15, 0.2) is 11.5 Å². The lowest BCUT2D eigenvalue weighted by Gasteiger charge is -2.32. The Morgan fingerprint density at radius 1 is 1.04 bits per heavy atom. The highest BCUT2D eigenvalue weighted by atomic mass is 16.5. The van der Waals surface area contributed by atoms with E-state index in [0.717, 1.165) is 24.6 Å². The SMILES string of the molecule is COc1ccc(-c2cc3c4c(c2)[C@@H]2CNCC[C@@H]2N4CC3)cc1OC. The Balaban J connectivity index is 1.62. The maximum absolute atomic E-state index is 5.50. The summed E-state index contributed by atoms with van der Waals surface area (Å²) < 4.78 is 10.9. The Kier molecular flexibility index (Phi) is 3.42. The molecule has 3 aliphatic heterocycles. The van der Waals surface area contributed by atoms with Crippen molar-refractivity contribution in [1.82, 2.24) is 5.32 Å². The van der Waals surface area contributed by atoms with Crippen LogP contribution < -0.4 is 19.7 Å². The fourth-order valence-electron chi connectivity index (χ4n) is 4.94. The second kappa shape index (κ2) is 5.67. The van der Waals surface area contributed by atoms with Gasteiger partial charge in [0.05, 0.1) is 14.2 Å². The van der Waals surface area contributed by atoms with E-state index in [1.165, 1.54) is 47.3 Å². The Labute approximate surface area is 148 Å². The topological polar surface area (TPSA) is 33.7 Å². The van der Waals surface area contributed by atoms with E-state index >= 15 is 0 Å². The molecule has 1 fully saturated rings. The zero-order valence-corrected chi connectivity index (χ0v) is 14.8. The molecule has 0 aromatic heterocycles. The predicted octanol–water partition coefficient (Wildman–Crippen LogP) is 3.19. The van der Waals surface area contributed by atoms with Crippen LogP contribution in [-0.4, -0.2) is 39.9 Å². The van der Waals surface area contributed by atoms with Crippen LogP contribution in [0.5, 0.6) is 11.5 Å². The van der Waals surface area contributed by atoms with Gasteiger partial charge in [-0.2, -0.15) is 0 Å². The van der Waals surface area contributed by atoms with Crippen molar-refractivity contribution in [2.45, 2.75) is 24.8 Å². The zero-order valence-electron chi connectivity index (χ0n) is 14.8. The van der Waals surface area contributed by atoms with E-state index in [2.05, 4.69) is 34.5 Å². The van der Waals surface area contributed by atoms with Crippen molar-refractivity contribution in [3.05, 3.63) is 41.5 Å². The average molecular weight is 336 g/mol. The van der Waals surface area contributed by atoms with Crippen LogP contribution in [-0.2, 0) is 6.42 Å². The fourth-order valence-corrected chi connectivity index (χ4v) is 4.94. The van der Waals surface area contributed by atoms with Crippen molar-refractivity contribution in [1.29, 1.82) is 0 Å². The van der Waals surface area contributed by atoms with E-state index < -0.39 is 0 Å². The molecule has 0 amide bonds. The number of benzene rings is 2. The molecular formula is C21H24N2O2. The number of rotatable bonds is 3. The van der Waals surface area contributed by atoms with Gasteiger partial charge < -0.3 is 19.7 Å². The van der Waals surface area contributed by atoms with Gasteiger partial charge in [-0.25, -0.2) is 0 Å². The van der Waals surface area contributed by atoms with Crippen molar-refractivity contribution >= 4 is 5.69 Å². The summed E-state index contributed by atoms with van der Waals surface area (Å²) in [6, 6.07) is 11.7. The van der Waals surface area contributed by atoms with Crippen LogP contribution in [0.15, 0.2) is 30.3 Å². The molecule has 5 rings (SSSR count). The number of nitrogens with one attached hydrogen (secondary N) is 1. The second-order valence-electron chi connectivity index (χ2n) is 7.25. The molecule has 0 spiro atoms. The van der Waals surface area contributed by atoms with Crippen LogP contribution in [0, 0.1) is 0 Å². The van der Waals surface area contributed by atoms with Crippen LogP contribution in [0.4, 0.5) is 5.69 Å². The summed E-state index contributed by atoms with van der Waals surface area (Å²) in [6.45, 7) is 3.42. The average Bonchev–Trinajstić information content (AvgIpc) is 3.24. The summed E-state index contributed by atoms with van der Waals surface area (Å²) in [7, 11) is 3.37. The summed E-state index contributed by atoms with van der Waals surface area (Å²) >= 11 is 0. The summed E-state index contributed by atoms with van der Waals surface area (Å²) in [5.41, 5.74) is 7.07. The molecule has 0 radical (unpaired) electrons. The van der Waals surface area contributed by atoms with Crippen molar-refractivity contribution in [3.8, 4) is 22.6 Å². The van der Waals surface area contributed by atoms with E-state index in [-0.39, 0.29) is 0 Å². The molecule has 130 valence electrons. The molecule has 2 aromatic carbocycles. The Hall–Kier alpha value is -2.20. The largest absolute Gasteiger partial charge is 0.493 e. The summed E-state index contributed by atoms with van der Waals surface area (Å²) in [6.07, 6.45) is 2.42. The molecule has 0 aliphatic carbocycles. The predicted molar refractivity (Wildman–Crippen MR) is 100 cm³/mol. The zero-order chi connectivity index (χ0) is 17.0. The number of anilines is 1. The van der Waals surface area contributed by atoms with Crippen molar-refractivity contribution in [2.24, 2.45) is 0 Å². The molecule has 2 atom stereocenters. The number of hydrogen-bond donors (Lipinski definition) is 1. The third kappa shape index (κ3) is 2.17. The molecule has 25 heavy (non-hydrogen) atoms. The molecule has 4 nitrogen and oxygen atoms in total. The van der Waals surface area contributed by atoms with Crippen LogP contribution in [0.25, 0.3) is 11.1 Å². The van der Waals surface area contributed by atoms with Gasteiger partial charge in [0.2, 0.25) is 0 Å². The van der Waals surface area contributed by atoms with Crippen LogP contribution >= 0.6 is 0 Å². The maximum atomic E-state index is 5.50. The number of piperidine rings is 1. The Morgan fingerprint density at radius 3 is 2.76 bits per heavy atom. The number of fused-ring (bicyclic) bond motifs is 3. The first-order valence-electron chi connectivity index (χ1n) is 9.16. The van der Waals surface area contributed by atoms with Gasteiger partial charge in [0, 0.05) is 30.7 Å². The number of ether oxygens (including phenoxy) is 2. The van der Waals surface area contributed by atoms with Gasteiger partial charge in [0.1, 0.15) is 0 Å². The molecular weight excluding hydrogens is 312 g/mol. The van der Waals surface area contributed by atoms with E-state index in [9.17, 15) is 0 Å². The number of nitrogens with zero attached hydrogens (tertiary/aromatic N) is 1. The van der Waals surface area contributed by atoms with E-state index in [0.29, 0.717) is 12.0 Å². The normalized spacial score (nSPS) is 23.4. The standard InChI is InChI=1S/C21H24N2O2/c1-24-19-4-3-13(11-20(19)25-2)15-9-14-6-8-23-18-5-7-22-12-17(18)16(10-15)21(14)23/h3-4,9-11,17-18,22H,5-8,12H2,1-2H3/t17-,18-/m0/s1. The van der Waals surface area contributed by atoms with Gasteiger partial charge in [-0.05, 0) is 65.9 Å². The first-order valence-corrected chi connectivity index (χ1v) is 9.16. The lowest BCUT2D eigenvalue weighted by Crippen LogP contribution is -2.43. The minimum atomic E-state index is 0.628. The molecule has 0 unspecified atom stereocenters. The van der Waals surface area contributed by atoms with Crippen molar-refractivity contribution in [3.63, 3.8) is 0 Å². The van der Waals surface area contributed by atoms with Crippen LogP contribution in [0.2, 0.25) is 0 Å². The van der Waals surface area contributed by atoms with Crippen LogP contribution in [0.1, 0.15) is 23.5 Å². The minimum absolute atomic E-state index is 0.628. The summed E-state index contributed by atoms with van der Waals surface area (Å²) in [5.74, 6) is 2.19. The van der Waals surface area contributed by atoms with Crippen molar-refractivity contribution < 1.29 is 9.47 Å². The lowest BCUT2D eigenvalue weighted by atomic mass is 9.87. The van der Waals surface area contributed by atoms with Gasteiger partial charge in [-0.3, -0.25) is 0 Å². The van der Waals surface area contributed by atoms with Gasteiger partial charge in [-0.15, -0.1) is 0 Å². The van der Waals surface area contributed by atoms with E-state index in [4.69, 9.17) is 9.47 Å². The van der Waals surface area contributed by atoms with E-state index in [1.807, 2.05) is 6.07 Å². The highest BCUT2D eigenvalue weighted by Crippen LogP contribution is 2.50. The van der Waals surface area contributed by atoms with Gasteiger partial charge in [0.25, 0.3) is 0 Å². The van der Waals surface area contributed by atoms with Gasteiger partial charge >= 0.3 is 0 Å². The molecule has 0 bridgehead atoms. The fraction of sp³-hybridized carbons (Fsp3) is 0.429.